The van der Waals surface area contributed by atoms with Crippen LogP contribution in [0.1, 0.15) is 49.8 Å². The van der Waals surface area contributed by atoms with E-state index in [9.17, 15) is 18.0 Å². The molecule has 0 unspecified atom stereocenters. The number of benzene rings is 1. The fourth-order valence-corrected chi connectivity index (χ4v) is 2.10. The summed E-state index contributed by atoms with van der Waals surface area (Å²) >= 11 is 0. The number of esters is 2. The molecule has 23 heavy (non-hydrogen) atoms. The zero-order chi connectivity index (χ0) is 17.1. The van der Waals surface area contributed by atoms with Gasteiger partial charge in [-0.3, -0.25) is 4.55 Å². The maximum Gasteiger partial charge on any atom is 1.00 e. The molecule has 7 nitrogen and oxygen atoms in total. The second-order valence-corrected chi connectivity index (χ2v) is 6.55. The van der Waals surface area contributed by atoms with Crippen molar-refractivity contribution in [2.45, 2.75) is 44.8 Å². The molecule has 0 amide bonds. The molecule has 0 heterocycles. The van der Waals surface area contributed by atoms with Gasteiger partial charge in [0.15, 0.2) is 0 Å². The van der Waals surface area contributed by atoms with Crippen LogP contribution in [0.15, 0.2) is 23.1 Å². The van der Waals surface area contributed by atoms with E-state index in [1.807, 2.05) is 0 Å². The molecule has 0 radical (unpaired) electrons. The summed E-state index contributed by atoms with van der Waals surface area (Å²) in [5.74, 6) is -1.61. The van der Waals surface area contributed by atoms with Gasteiger partial charge in [0.25, 0.3) is 10.1 Å². The van der Waals surface area contributed by atoms with Crippen LogP contribution in [0.3, 0.4) is 0 Å². The third-order valence-corrected chi connectivity index (χ3v) is 3.19. The Bertz CT molecular complexity index is 646. The van der Waals surface area contributed by atoms with Crippen LogP contribution in [-0.2, 0) is 19.6 Å². The minimum absolute atomic E-state index is 0. The molecule has 1 aromatic carbocycles. The first-order chi connectivity index (χ1) is 10.0. The van der Waals surface area contributed by atoms with Crippen molar-refractivity contribution in [3.8, 4) is 0 Å². The first kappa shape index (κ1) is 22.1. The van der Waals surface area contributed by atoms with Crippen molar-refractivity contribution in [1.82, 2.24) is 0 Å². The van der Waals surface area contributed by atoms with Crippen molar-refractivity contribution < 1.29 is 63.0 Å². The Morgan fingerprint density at radius 3 is 1.57 bits per heavy atom. The molecule has 0 saturated carbocycles. The molecule has 0 fully saturated rings. The van der Waals surface area contributed by atoms with Gasteiger partial charge in [0.2, 0.25) is 0 Å². The molecular weight excluding hydrogens is 335 g/mol. The van der Waals surface area contributed by atoms with Gasteiger partial charge in [-0.15, -0.1) is 0 Å². The fourth-order valence-electron chi connectivity index (χ4n) is 1.55. The number of carbonyl (C=O) groups excluding carboxylic acids is 2. The maximum absolute atomic E-state index is 11.9. The minimum Gasteiger partial charge on any atom is -1.00 e. The smallest absolute Gasteiger partial charge is 1.00 e. The zero-order valence-electron chi connectivity index (χ0n) is 14.7. The summed E-state index contributed by atoms with van der Waals surface area (Å²) in [4.78, 5) is 23.2. The van der Waals surface area contributed by atoms with Crippen LogP contribution in [0.5, 0.6) is 0 Å². The van der Waals surface area contributed by atoms with Gasteiger partial charge in [0.05, 0.1) is 28.2 Å². The summed E-state index contributed by atoms with van der Waals surface area (Å²) in [6.45, 7) is 6.49. The Morgan fingerprint density at radius 1 is 0.957 bits per heavy atom. The van der Waals surface area contributed by atoms with E-state index in [0.717, 1.165) is 18.2 Å². The van der Waals surface area contributed by atoms with E-state index < -0.39 is 39.2 Å². The minimum atomic E-state index is -4.59. The molecule has 9 heteroatoms. The van der Waals surface area contributed by atoms with Crippen molar-refractivity contribution in [1.29, 1.82) is 0 Å². The summed E-state index contributed by atoms with van der Waals surface area (Å²) in [6.07, 6.45) is -0.846. The van der Waals surface area contributed by atoms with Gasteiger partial charge in [-0.1, -0.05) is 0 Å². The summed E-state index contributed by atoms with van der Waals surface area (Å²) in [5, 5.41) is 0. The van der Waals surface area contributed by atoms with Crippen molar-refractivity contribution in [3.63, 3.8) is 0 Å². The van der Waals surface area contributed by atoms with Crippen LogP contribution in [0.4, 0.5) is 0 Å². The van der Waals surface area contributed by atoms with Gasteiger partial charge in [0, 0.05) is 0 Å². The van der Waals surface area contributed by atoms with Gasteiger partial charge in [-0.2, -0.15) is 8.42 Å². The Morgan fingerprint density at radius 2 is 1.30 bits per heavy atom. The normalized spacial score (nSPS) is 11.1. The second-order valence-electron chi connectivity index (χ2n) is 5.13. The Labute approximate surface area is 158 Å². The summed E-state index contributed by atoms with van der Waals surface area (Å²) in [5.41, 5.74) is -0.334. The van der Waals surface area contributed by atoms with Crippen molar-refractivity contribution >= 4 is 22.1 Å². The molecular formula is C14H19NaO7S. The van der Waals surface area contributed by atoms with Crippen LogP contribution < -0.4 is 29.6 Å². The van der Waals surface area contributed by atoms with E-state index in [4.69, 9.17) is 14.0 Å². The van der Waals surface area contributed by atoms with Gasteiger partial charge in [-0.25, -0.2) is 9.59 Å². The Balaban J connectivity index is 0. The number of hydrogen-bond acceptors (Lipinski definition) is 6. The molecule has 0 bridgehead atoms. The predicted octanol–water partition coefficient (Wildman–Crippen LogP) is -0.820. The molecule has 0 atom stereocenters. The molecule has 124 valence electrons. The average molecular weight is 354 g/mol. The van der Waals surface area contributed by atoms with E-state index in [0.29, 0.717) is 0 Å². The molecule has 0 aromatic heterocycles. The van der Waals surface area contributed by atoms with Crippen molar-refractivity contribution in [2.75, 3.05) is 0 Å². The summed E-state index contributed by atoms with van der Waals surface area (Å²) in [6, 6.07) is 3.03. The van der Waals surface area contributed by atoms with Gasteiger partial charge in [0.1, 0.15) is 0 Å². The second kappa shape index (κ2) is 8.79. The zero-order valence-corrected chi connectivity index (χ0v) is 16.5. The summed E-state index contributed by atoms with van der Waals surface area (Å²) < 4.78 is 41.6. The number of rotatable bonds is 5. The topological polar surface area (TPSA) is 107 Å². The molecule has 1 aromatic rings. The molecule has 0 aliphatic rings. The first-order valence-corrected chi connectivity index (χ1v) is 7.99. The number of hydrogen-bond donors (Lipinski definition) is 1. The van der Waals surface area contributed by atoms with Crippen LogP contribution in [0, 0.1) is 0 Å². The van der Waals surface area contributed by atoms with Crippen molar-refractivity contribution in [3.05, 3.63) is 29.3 Å². The third kappa shape index (κ3) is 7.01. The largest absolute Gasteiger partial charge is 1.00 e. The Kier molecular flexibility index (Phi) is 8.44. The molecule has 0 spiro atoms. The average Bonchev–Trinajstić information content (AvgIpc) is 2.35. The predicted molar refractivity (Wildman–Crippen MR) is 78.5 cm³/mol. The number of carbonyl (C=O) groups is 2. The van der Waals surface area contributed by atoms with Gasteiger partial charge >= 0.3 is 41.5 Å². The summed E-state index contributed by atoms with van der Waals surface area (Å²) in [7, 11) is -4.59. The van der Waals surface area contributed by atoms with Crippen LogP contribution in [-0.4, -0.2) is 37.1 Å². The standard InChI is InChI=1S/C14H18O7S.Na.H/c1-8(2)20-13(15)10-5-11(14(16)21-9(3)4)7-12(6-10)22(17,18)19;;/h5-9H,1-4H3,(H,17,18,19);;/q;+1;-1. The molecule has 0 aliphatic heterocycles. The van der Waals surface area contributed by atoms with Crippen molar-refractivity contribution in [2.24, 2.45) is 0 Å². The van der Waals surface area contributed by atoms with Crippen LogP contribution >= 0.6 is 0 Å². The molecule has 1 N–H and O–H groups in total. The van der Waals surface area contributed by atoms with E-state index >= 15 is 0 Å². The monoisotopic (exact) mass is 354 g/mol. The third-order valence-electron chi connectivity index (χ3n) is 2.36. The van der Waals surface area contributed by atoms with Crippen LogP contribution in [0.2, 0.25) is 0 Å². The van der Waals surface area contributed by atoms with Crippen LogP contribution in [0.25, 0.3) is 0 Å². The Hall–Kier alpha value is -0.930. The molecule has 0 saturated heterocycles. The first-order valence-electron chi connectivity index (χ1n) is 6.55. The molecule has 1 rings (SSSR count). The maximum atomic E-state index is 11.9. The number of ether oxygens (including phenoxy) is 2. The van der Waals surface area contributed by atoms with Gasteiger partial charge < -0.3 is 10.9 Å². The van der Waals surface area contributed by atoms with E-state index in [-0.39, 0.29) is 42.1 Å². The van der Waals surface area contributed by atoms with E-state index in [1.54, 1.807) is 27.7 Å². The molecule has 0 aliphatic carbocycles. The quantitative estimate of drug-likeness (QED) is 0.418. The van der Waals surface area contributed by atoms with Gasteiger partial charge in [-0.05, 0) is 45.9 Å². The SMILES string of the molecule is CC(C)OC(=O)c1cc(C(=O)OC(C)C)cc(S(=O)(=O)O)c1.[H-].[Na+]. The van der Waals surface area contributed by atoms with E-state index in [1.165, 1.54) is 0 Å². The fraction of sp³-hybridized carbons (Fsp3) is 0.429. The van der Waals surface area contributed by atoms with E-state index in [2.05, 4.69) is 0 Å².